The number of hydrogen-bond donors (Lipinski definition) is 1. The van der Waals surface area contributed by atoms with Gasteiger partial charge in [-0.25, -0.2) is 0 Å². The lowest BCUT2D eigenvalue weighted by Gasteiger charge is -2.14. The maximum absolute atomic E-state index is 12.1. The summed E-state index contributed by atoms with van der Waals surface area (Å²) in [5.74, 6) is 0.116. The van der Waals surface area contributed by atoms with Crippen LogP contribution in [0.5, 0.6) is 0 Å². The van der Waals surface area contributed by atoms with Crippen molar-refractivity contribution >= 4 is 11.7 Å². The minimum absolute atomic E-state index is 0.127. The highest BCUT2D eigenvalue weighted by Gasteiger charge is 2.19. The summed E-state index contributed by atoms with van der Waals surface area (Å²) in [6, 6.07) is 9.12. The lowest BCUT2D eigenvalue weighted by atomic mass is 9.89. The molecular formula is C18H17NO2. The van der Waals surface area contributed by atoms with E-state index in [-0.39, 0.29) is 11.7 Å². The Labute approximate surface area is 124 Å². The molecule has 3 rings (SSSR count). The highest BCUT2D eigenvalue weighted by molar-refractivity contribution is 5.98. The first kappa shape index (κ1) is 13.6. The smallest absolute Gasteiger partial charge is 0.255 e. The number of nitrogens with one attached hydrogen (secondary N) is 1. The Morgan fingerprint density at radius 2 is 1.86 bits per heavy atom. The highest BCUT2D eigenvalue weighted by Crippen LogP contribution is 2.28. The summed E-state index contributed by atoms with van der Waals surface area (Å²) < 4.78 is 0. The van der Waals surface area contributed by atoms with Crippen LogP contribution in [0.1, 0.15) is 36.0 Å². The van der Waals surface area contributed by atoms with Crippen molar-refractivity contribution in [1.29, 1.82) is 0 Å². The van der Waals surface area contributed by atoms with Crippen molar-refractivity contribution in [2.45, 2.75) is 25.7 Å². The van der Waals surface area contributed by atoms with Gasteiger partial charge in [0.05, 0.1) is 0 Å². The van der Waals surface area contributed by atoms with Gasteiger partial charge < -0.3 is 5.32 Å². The molecule has 2 aliphatic rings. The van der Waals surface area contributed by atoms with Gasteiger partial charge in [-0.2, -0.15) is 0 Å². The summed E-state index contributed by atoms with van der Waals surface area (Å²) >= 11 is 0. The second-order valence-electron chi connectivity index (χ2n) is 5.30. The van der Waals surface area contributed by atoms with Crippen molar-refractivity contribution in [3.63, 3.8) is 0 Å². The molecule has 1 N–H and O–H groups in total. The first-order valence-electron chi connectivity index (χ1n) is 7.24. The van der Waals surface area contributed by atoms with Crippen LogP contribution in [0, 0.1) is 0 Å². The molecule has 0 heterocycles. The van der Waals surface area contributed by atoms with Crippen LogP contribution in [-0.4, -0.2) is 11.7 Å². The van der Waals surface area contributed by atoms with Gasteiger partial charge in [-0.15, -0.1) is 0 Å². The van der Waals surface area contributed by atoms with E-state index in [0.717, 1.165) is 29.7 Å². The first-order chi connectivity index (χ1) is 10.2. The van der Waals surface area contributed by atoms with Gasteiger partial charge in [-0.3, -0.25) is 9.59 Å². The third kappa shape index (κ3) is 3.02. The Hall–Kier alpha value is -2.42. The molecule has 1 aromatic rings. The summed E-state index contributed by atoms with van der Waals surface area (Å²) in [5, 5.41) is 2.90. The second-order valence-corrected chi connectivity index (χ2v) is 5.30. The molecule has 21 heavy (non-hydrogen) atoms. The zero-order valence-electron chi connectivity index (χ0n) is 11.8. The predicted molar refractivity (Wildman–Crippen MR) is 81.6 cm³/mol. The van der Waals surface area contributed by atoms with E-state index in [1.54, 1.807) is 12.1 Å². The molecule has 0 bridgehead atoms. The number of amides is 1. The minimum atomic E-state index is -0.127. The number of ketones is 1. The van der Waals surface area contributed by atoms with Crippen LogP contribution in [0.25, 0.3) is 0 Å². The van der Waals surface area contributed by atoms with Gasteiger partial charge in [-0.05, 0) is 43.0 Å². The van der Waals surface area contributed by atoms with E-state index >= 15 is 0 Å². The summed E-state index contributed by atoms with van der Waals surface area (Å²) in [5.41, 5.74) is 3.41. The fourth-order valence-electron chi connectivity index (χ4n) is 2.71. The van der Waals surface area contributed by atoms with Crippen molar-refractivity contribution in [2.24, 2.45) is 0 Å². The maximum Gasteiger partial charge on any atom is 0.255 e. The molecule has 1 amide bonds. The summed E-state index contributed by atoms with van der Waals surface area (Å²) in [7, 11) is 0. The Kier molecular flexibility index (Phi) is 3.82. The number of carbonyl (C=O) groups is 2. The summed E-state index contributed by atoms with van der Waals surface area (Å²) in [6.45, 7) is 0. The number of hydrogen-bond acceptors (Lipinski definition) is 2. The molecule has 0 aliphatic heterocycles. The zero-order valence-corrected chi connectivity index (χ0v) is 11.8. The number of carbonyl (C=O) groups excluding carboxylic acids is 2. The molecular weight excluding hydrogens is 262 g/mol. The molecule has 0 unspecified atom stereocenters. The number of Topliss-reactive ketones (excluding diaryl/α,β-unsaturated/α-hetero) is 1. The molecule has 3 nitrogen and oxygen atoms in total. The van der Waals surface area contributed by atoms with Crippen molar-refractivity contribution in [2.75, 3.05) is 0 Å². The Bertz CT molecular complexity index is 666. The maximum atomic E-state index is 12.1. The molecule has 0 spiro atoms. The van der Waals surface area contributed by atoms with Crippen molar-refractivity contribution in [3.8, 4) is 0 Å². The van der Waals surface area contributed by atoms with Crippen LogP contribution >= 0.6 is 0 Å². The summed E-state index contributed by atoms with van der Waals surface area (Å²) in [4.78, 5) is 24.1. The standard InChI is InChI=1S/C18H17NO2/c20-17-8-4-7-13-9-10-15(11-12-16(13)17)19-18(21)14-5-2-1-3-6-14/h1-3,5-6,9-11H,4,7-8,12H2,(H,19,21). The van der Waals surface area contributed by atoms with Crippen LogP contribution in [0.15, 0.2) is 65.4 Å². The van der Waals surface area contributed by atoms with Gasteiger partial charge in [0.15, 0.2) is 5.78 Å². The quantitative estimate of drug-likeness (QED) is 0.902. The van der Waals surface area contributed by atoms with E-state index in [1.807, 2.05) is 36.4 Å². The third-order valence-corrected chi connectivity index (χ3v) is 3.86. The lowest BCUT2D eigenvalue weighted by molar-refractivity contribution is -0.116. The SMILES string of the molecule is O=C1CCCC2=C1CC=C(NC(=O)c1ccccc1)C=C2. The largest absolute Gasteiger partial charge is 0.322 e. The molecule has 2 aliphatic carbocycles. The van der Waals surface area contributed by atoms with Gasteiger partial charge in [-0.1, -0.05) is 30.4 Å². The van der Waals surface area contributed by atoms with Gasteiger partial charge in [0, 0.05) is 23.3 Å². The van der Waals surface area contributed by atoms with Crippen LogP contribution in [0.4, 0.5) is 0 Å². The average Bonchev–Trinajstić information content (AvgIpc) is 2.72. The van der Waals surface area contributed by atoms with Crippen LogP contribution in [0.2, 0.25) is 0 Å². The molecule has 0 fully saturated rings. The van der Waals surface area contributed by atoms with E-state index in [2.05, 4.69) is 5.32 Å². The topological polar surface area (TPSA) is 46.2 Å². The fourth-order valence-corrected chi connectivity index (χ4v) is 2.71. The normalized spacial score (nSPS) is 17.9. The number of allylic oxidation sites excluding steroid dienone is 5. The van der Waals surface area contributed by atoms with Gasteiger partial charge >= 0.3 is 0 Å². The van der Waals surface area contributed by atoms with E-state index < -0.39 is 0 Å². The molecule has 0 saturated heterocycles. The number of rotatable bonds is 2. The highest BCUT2D eigenvalue weighted by atomic mass is 16.1. The van der Waals surface area contributed by atoms with Crippen molar-refractivity contribution in [1.82, 2.24) is 5.32 Å². The fraction of sp³-hybridized carbons (Fsp3) is 0.222. The van der Waals surface area contributed by atoms with Gasteiger partial charge in [0.2, 0.25) is 0 Å². The van der Waals surface area contributed by atoms with Crippen molar-refractivity contribution in [3.05, 3.63) is 71.0 Å². The van der Waals surface area contributed by atoms with Crippen LogP contribution in [0.3, 0.4) is 0 Å². The molecule has 106 valence electrons. The van der Waals surface area contributed by atoms with Gasteiger partial charge in [0.25, 0.3) is 5.91 Å². The van der Waals surface area contributed by atoms with Gasteiger partial charge in [0.1, 0.15) is 0 Å². The Morgan fingerprint density at radius 3 is 2.67 bits per heavy atom. The molecule has 0 radical (unpaired) electrons. The second kappa shape index (κ2) is 5.92. The van der Waals surface area contributed by atoms with E-state index in [0.29, 0.717) is 18.4 Å². The molecule has 0 saturated carbocycles. The van der Waals surface area contributed by atoms with Crippen LogP contribution in [-0.2, 0) is 4.79 Å². The first-order valence-corrected chi connectivity index (χ1v) is 7.24. The predicted octanol–water partition coefficient (Wildman–Crippen LogP) is 3.31. The van der Waals surface area contributed by atoms with E-state index in [1.165, 1.54) is 0 Å². The van der Waals surface area contributed by atoms with E-state index in [4.69, 9.17) is 0 Å². The third-order valence-electron chi connectivity index (χ3n) is 3.86. The van der Waals surface area contributed by atoms with Crippen molar-refractivity contribution < 1.29 is 9.59 Å². The molecule has 1 aromatic carbocycles. The zero-order chi connectivity index (χ0) is 14.7. The molecule has 0 aromatic heterocycles. The summed E-state index contributed by atoms with van der Waals surface area (Å²) in [6.07, 6.45) is 8.90. The number of benzene rings is 1. The monoisotopic (exact) mass is 279 g/mol. The molecule has 3 heteroatoms. The molecule has 0 atom stereocenters. The minimum Gasteiger partial charge on any atom is -0.322 e. The lowest BCUT2D eigenvalue weighted by Crippen LogP contribution is -2.21. The average molecular weight is 279 g/mol. The van der Waals surface area contributed by atoms with E-state index in [9.17, 15) is 9.59 Å². The Morgan fingerprint density at radius 1 is 1.05 bits per heavy atom. The van der Waals surface area contributed by atoms with Crippen LogP contribution < -0.4 is 5.32 Å². The Balaban J connectivity index is 1.74.